The fourth-order valence-electron chi connectivity index (χ4n) is 3.57. The van der Waals surface area contributed by atoms with E-state index in [0.717, 1.165) is 23.8 Å². The summed E-state index contributed by atoms with van der Waals surface area (Å²) in [6.45, 7) is 0. The predicted octanol–water partition coefficient (Wildman–Crippen LogP) is 4.08. The summed E-state index contributed by atoms with van der Waals surface area (Å²) in [5.41, 5.74) is 2.88. The van der Waals surface area contributed by atoms with Crippen LogP contribution in [0.15, 0.2) is 30.7 Å². The van der Waals surface area contributed by atoms with Gasteiger partial charge in [-0.1, -0.05) is 11.6 Å². The van der Waals surface area contributed by atoms with E-state index in [-0.39, 0.29) is 16.8 Å². The molecule has 3 aromatic heterocycles. The van der Waals surface area contributed by atoms with Crippen molar-refractivity contribution in [3.8, 4) is 11.1 Å². The molecule has 148 valence electrons. The minimum absolute atomic E-state index is 0.00174. The van der Waals surface area contributed by atoms with Crippen LogP contribution in [0.1, 0.15) is 12.8 Å². The van der Waals surface area contributed by atoms with Crippen LogP contribution in [0.3, 0.4) is 0 Å². The standard InChI is InChI=1S/C20H18ClFN6O/c1-27(2)19-17(22)16(21)15(12-7-23-26-18(12)19)11-5-6-14-24-13(9-28(14)8-11)25-20(29)10-3-4-10/h5-10H,3-4H2,1-2H3,(H,23,26)(H,25,29). The van der Waals surface area contributed by atoms with Crippen molar-refractivity contribution in [2.45, 2.75) is 12.8 Å². The zero-order chi connectivity index (χ0) is 20.3. The number of anilines is 2. The first kappa shape index (κ1) is 17.9. The van der Waals surface area contributed by atoms with Gasteiger partial charge < -0.3 is 14.6 Å². The monoisotopic (exact) mass is 412 g/mol. The number of hydrogen-bond donors (Lipinski definition) is 2. The van der Waals surface area contributed by atoms with Gasteiger partial charge in [-0.15, -0.1) is 0 Å². The smallest absolute Gasteiger partial charge is 0.228 e. The van der Waals surface area contributed by atoms with Crippen LogP contribution >= 0.6 is 11.6 Å². The zero-order valence-electron chi connectivity index (χ0n) is 15.8. The molecule has 2 N–H and O–H groups in total. The number of rotatable bonds is 4. The van der Waals surface area contributed by atoms with Gasteiger partial charge in [-0.25, -0.2) is 9.37 Å². The molecule has 3 heterocycles. The molecule has 0 bridgehead atoms. The Labute approximate surface area is 170 Å². The van der Waals surface area contributed by atoms with Crippen LogP contribution in [0, 0.1) is 11.7 Å². The molecule has 0 radical (unpaired) electrons. The van der Waals surface area contributed by atoms with Gasteiger partial charge in [0.1, 0.15) is 11.3 Å². The maximum Gasteiger partial charge on any atom is 0.228 e. The minimum atomic E-state index is -0.508. The van der Waals surface area contributed by atoms with Gasteiger partial charge in [0.2, 0.25) is 5.91 Å². The zero-order valence-corrected chi connectivity index (χ0v) is 16.6. The van der Waals surface area contributed by atoms with Gasteiger partial charge in [0, 0.05) is 42.7 Å². The van der Waals surface area contributed by atoms with Crippen LogP contribution < -0.4 is 10.2 Å². The van der Waals surface area contributed by atoms with E-state index >= 15 is 4.39 Å². The molecule has 0 aliphatic heterocycles. The van der Waals surface area contributed by atoms with E-state index in [0.29, 0.717) is 28.2 Å². The van der Waals surface area contributed by atoms with E-state index in [9.17, 15) is 4.79 Å². The molecule has 7 nitrogen and oxygen atoms in total. The van der Waals surface area contributed by atoms with Crippen molar-refractivity contribution in [2.24, 2.45) is 5.92 Å². The highest BCUT2D eigenvalue weighted by Crippen LogP contribution is 2.42. The average Bonchev–Trinajstić information content (AvgIpc) is 3.30. The van der Waals surface area contributed by atoms with Crippen molar-refractivity contribution in [3.05, 3.63) is 41.6 Å². The summed E-state index contributed by atoms with van der Waals surface area (Å²) in [6.07, 6.45) is 7.05. The molecule has 29 heavy (non-hydrogen) atoms. The lowest BCUT2D eigenvalue weighted by Gasteiger charge is -2.18. The fourth-order valence-corrected chi connectivity index (χ4v) is 3.87. The molecule has 1 aliphatic carbocycles. The number of imidazole rings is 1. The molecule has 1 aromatic carbocycles. The molecular weight excluding hydrogens is 395 g/mol. The second-order valence-corrected chi connectivity index (χ2v) is 7.86. The first-order valence-electron chi connectivity index (χ1n) is 9.25. The molecule has 1 saturated carbocycles. The Morgan fingerprint density at radius 3 is 2.86 bits per heavy atom. The van der Waals surface area contributed by atoms with Gasteiger partial charge in [0.25, 0.3) is 0 Å². The highest BCUT2D eigenvalue weighted by atomic mass is 35.5. The summed E-state index contributed by atoms with van der Waals surface area (Å²) in [6, 6.07) is 3.64. The number of halogens is 2. The number of H-pyrrole nitrogens is 1. The van der Waals surface area contributed by atoms with Crippen molar-refractivity contribution in [2.75, 3.05) is 24.3 Å². The minimum Gasteiger partial charge on any atom is -0.373 e. The number of carbonyl (C=O) groups excluding carboxylic acids is 1. The van der Waals surface area contributed by atoms with Gasteiger partial charge in [0.05, 0.1) is 22.9 Å². The second kappa shape index (κ2) is 6.45. The third kappa shape index (κ3) is 2.91. The summed E-state index contributed by atoms with van der Waals surface area (Å²) in [5, 5.41) is 10.6. The normalized spacial score (nSPS) is 13.9. The number of nitrogens with zero attached hydrogens (tertiary/aromatic N) is 4. The van der Waals surface area contributed by atoms with Crippen LogP contribution in [-0.4, -0.2) is 39.6 Å². The molecule has 1 aliphatic rings. The molecule has 9 heteroatoms. The lowest BCUT2D eigenvalue weighted by atomic mass is 10.0. The Balaban J connectivity index is 1.63. The van der Waals surface area contributed by atoms with Gasteiger partial charge in [-0.2, -0.15) is 5.10 Å². The van der Waals surface area contributed by atoms with Crippen molar-refractivity contribution < 1.29 is 9.18 Å². The maximum absolute atomic E-state index is 15.1. The Morgan fingerprint density at radius 1 is 1.34 bits per heavy atom. The first-order valence-corrected chi connectivity index (χ1v) is 9.63. The number of aromatic nitrogens is 4. The van der Waals surface area contributed by atoms with Crippen LogP contribution in [0.4, 0.5) is 15.9 Å². The van der Waals surface area contributed by atoms with Crippen molar-refractivity contribution in [1.29, 1.82) is 0 Å². The number of hydrogen-bond acceptors (Lipinski definition) is 4. The van der Waals surface area contributed by atoms with Crippen LogP contribution in [0.25, 0.3) is 27.7 Å². The maximum atomic E-state index is 15.1. The Morgan fingerprint density at radius 2 is 2.14 bits per heavy atom. The van der Waals surface area contributed by atoms with E-state index in [1.807, 2.05) is 18.3 Å². The molecule has 0 saturated heterocycles. The van der Waals surface area contributed by atoms with Crippen molar-refractivity contribution >= 4 is 45.6 Å². The predicted molar refractivity (Wildman–Crippen MR) is 111 cm³/mol. The van der Waals surface area contributed by atoms with Crippen molar-refractivity contribution in [3.63, 3.8) is 0 Å². The Bertz CT molecular complexity index is 1270. The molecule has 1 amide bonds. The molecule has 0 unspecified atom stereocenters. The Hall–Kier alpha value is -3.13. The number of amides is 1. The molecule has 4 aromatic rings. The van der Waals surface area contributed by atoms with Gasteiger partial charge in [0.15, 0.2) is 11.6 Å². The quantitative estimate of drug-likeness (QED) is 0.529. The number of carbonyl (C=O) groups is 1. The van der Waals surface area contributed by atoms with Gasteiger partial charge in [-0.3, -0.25) is 9.89 Å². The van der Waals surface area contributed by atoms with E-state index in [2.05, 4.69) is 20.5 Å². The summed E-state index contributed by atoms with van der Waals surface area (Å²) < 4.78 is 16.9. The summed E-state index contributed by atoms with van der Waals surface area (Å²) >= 11 is 6.45. The van der Waals surface area contributed by atoms with Crippen LogP contribution in [0.5, 0.6) is 0 Å². The summed E-state index contributed by atoms with van der Waals surface area (Å²) in [5.74, 6) is 0.0825. The third-order valence-electron chi connectivity index (χ3n) is 5.15. The van der Waals surface area contributed by atoms with Crippen molar-refractivity contribution in [1.82, 2.24) is 19.6 Å². The molecular formula is C20H18ClFN6O. The van der Waals surface area contributed by atoms with Gasteiger partial charge >= 0.3 is 0 Å². The number of fused-ring (bicyclic) bond motifs is 2. The third-order valence-corrected chi connectivity index (χ3v) is 5.51. The summed E-state index contributed by atoms with van der Waals surface area (Å²) in [7, 11) is 3.51. The topological polar surface area (TPSA) is 78.3 Å². The number of pyridine rings is 1. The SMILES string of the molecule is CN(C)c1c(F)c(Cl)c(-c2ccc3nc(NC(=O)C4CC4)cn3c2)c2cn[nH]c12. The summed E-state index contributed by atoms with van der Waals surface area (Å²) in [4.78, 5) is 18.1. The first-order chi connectivity index (χ1) is 13.9. The molecule has 0 atom stereocenters. The highest BCUT2D eigenvalue weighted by molar-refractivity contribution is 6.36. The van der Waals surface area contributed by atoms with Crippen LogP contribution in [-0.2, 0) is 4.79 Å². The lowest BCUT2D eigenvalue weighted by molar-refractivity contribution is -0.117. The van der Waals surface area contributed by atoms with Gasteiger partial charge in [-0.05, 0) is 25.0 Å². The van der Waals surface area contributed by atoms with E-state index in [4.69, 9.17) is 11.6 Å². The van der Waals surface area contributed by atoms with Crippen LogP contribution in [0.2, 0.25) is 5.02 Å². The Kier molecular flexibility index (Phi) is 3.99. The fraction of sp³-hybridized carbons (Fsp3) is 0.250. The second-order valence-electron chi connectivity index (χ2n) is 7.48. The molecule has 5 rings (SSSR count). The molecule has 1 fully saturated rings. The number of benzene rings is 1. The average molecular weight is 413 g/mol. The largest absolute Gasteiger partial charge is 0.373 e. The lowest BCUT2D eigenvalue weighted by Crippen LogP contribution is -2.13. The number of aromatic amines is 1. The van der Waals surface area contributed by atoms with E-state index in [1.54, 1.807) is 35.8 Å². The molecule has 0 spiro atoms. The van der Waals surface area contributed by atoms with E-state index in [1.165, 1.54) is 0 Å². The van der Waals surface area contributed by atoms with E-state index < -0.39 is 5.82 Å². The highest BCUT2D eigenvalue weighted by Gasteiger charge is 2.30. The number of nitrogens with one attached hydrogen (secondary N) is 2.